The van der Waals surface area contributed by atoms with E-state index in [-0.39, 0.29) is 11.9 Å². The normalized spacial score (nSPS) is 12.0. The lowest BCUT2D eigenvalue weighted by atomic mass is 9.98. The van der Waals surface area contributed by atoms with E-state index in [0.29, 0.717) is 22.4 Å². The maximum atomic E-state index is 13.3. The van der Waals surface area contributed by atoms with Gasteiger partial charge in [-0.25, -0.2) is 4.39 Å². The van der Waals surface area contributed by atoms with Crippen LogP contribution in [0.1, 0.15) is 17.2 Å². The lowest BCUT2D eigenvalue weighted by Gasteiger charge is -2.18. The van der Waals surface area contributed by atoms with E-state index in [4.69, 9.17) is 15.2 Å². The van der Waals surface area contributed by atoms with E-state index in [1.807, 2.05) is 18.2 Å². The van der Waals surface area contributed by atoms with E-state index in [0.717, 1.165) is 11.1 Å². The predicted molar refractivity (Wildman–Crippen MR) is 84.3 cm³/mol. The average molecular weight is 354 g/mol. The summed E-state index contributed by atoms with van der Waals surface area (Å²) in [5, 5.41) is 0. The van der Waals surface area contributed by atoms with Gasteiger partial charge in [-0.05, 0) is 46.1 Å². The first kappa shape index (κ1) is 15.8. The summed E-state index contributed by atoms with van der Waals surface area (Å²) in [4.78, 5) is 0. The summed E-state index contributed by atoms with van der Waals surface area (Å²) < 4.78 is 24.4. The van der Waals surface area contributed by atoms with Gasteiger partial charge in [0, 0.05) is 11.6 Å². The standard InChI is InChI=1S/C16H17BrFNO2/c1-20-15-5-3-4-11(16(15)21-2)14(19)9-10-6-7-13(18)12(17)8-10/h3-8,14H,9,19H2,1-2H3. The van der Waals surface area contributed by atoms with Gasteiger partial charge in [0.05, 0.1) is 18.7 Å². The van der Waals surface area contributed by atoms with Gasteiger partial charge in [0.2, 0.25) is 0 Å². The van der Waals surface area contributed by atoms with Crippen molar-refractivity contribution in [3.8, 4) is 11.5 Å². The van der Waals surface area contributed by atoms with Crippen molar-refractivity contribution in [2.45, 2.75) is 12.5 Å². The summed E-state index contributed by atoms with van der Waals surface area (Å²) >= 11 is 3.18. The van der Waals surface area contributed by atoms with Crippen LogP contribution in [0.4, 0.5) is 4.39 Å². The molecule has 2 N–H and O–H groups in total. The Morgan fingerprint density at radius 2 is 1.95 bits per heavy atom. The van der Waals surface area contributed by atoms with Gasteiger partial charge >= 0.3 is 0 Å². The van der Waals surface area contributed by atoms with Crippen molar-refractivity contribution in [3.63, 3.8) is 0 Å². The second kappa shape index (κ2) is 6.91. The van der Waals surface area contributed by atoms with Crippen LogP contribution >= 0.6 is 15.9 Å². The molecule has 0 fully saturated rings. The first-order chi connectivity index (χ1) is 10.1. The van der Waals surface area contributed by atoms with Crippen LogP contribution in [0.5, 0.6) is 11.5 Å². The van der Waals surface area contributed by atoms with Gasteiger partial charge < -0.3 is 15.2 Å². The largest absolute Gasteiger partial charge is 0.493 e. The van der Waals surface area contributed by atoms with Crippen molar-refractivity contribution in [3.05, 3.63) is 57.8 Å². The number of hydrogen-bond donors (Lipinski definition) is 1. The third-order valence-electron chi connectivity index (χ3n) is 3.27. The van der Waals surface area contributed by atoms with Crippen LogP contribution < -0.4 is 15.2 Å². The zero-order chi connectivity index (χ0) is 15.4. The van der Waals surface area contributed by atoms with Gasteiger partial charge in [-0.15, -0.1) is 0 Å². The number of methoxy groups -OCH3 is 2. The van der Waals surface area contributed by atoms with E-state index >= 15 is 0 Å². The summed E-state index contributed by atoms with van der Waals surface area (Å²) in [6.45, 7) is 0. The molecule has 0 spiro atoms. The average Bonchev–Trinajstić information content (AvgIpc) is 2.49. The Balaban J connectivity index is 2.27. The van der Waals surface area contributed by atoms with Crippen LogP contribution in [0, 0.1) is 5.82 Å². The van der Waals surface area contributed by atoms with Crippen molar-refractivity contribution >= 4 is 15.9 Å². The van der Waals surface area contributed by atoms with Crippen LogP contribution in [-0.4, -0.2) is 14.2 Å². The molecule has 0 saturated heterocycles. The number of halogens is 2. The van der Waals surface area contributed by atoms with E-state index in [1.165, 1.54) is 6.07 Å². The van der Waals surface area contributed by atoms with E-state index < -0.39 is 0 Å². The molecule has 5 heteroatoms. The molecule has 0 aliphatic rings. The van der Waals surface area contributed by atoms with Gasteiger partial charge in [-0.3, -0.25) is 0 Å². The molecule has 0 saturated carbocycles. The van der Waals surface area contributed by atoms with Crippen molar-refractivity contribution in [2.75, 3.05) is 14.2 Å². The van der Waals surface area contributed by atoms with E-state index in [9.17, 15) is 4.39 Å². The molecule has 0 bridgehead atoms. The quantitative estimate of drug-likeness (QED) is 0.887. The van der Waals surface area contributed by atoms with Crippen LogP contribution in [0.25, 0.3) is 0 Å². The lowest BCUT2D eigenvalue weighted by Crippen LogP contribution is -2.15. The molecule has 1 atom stereocenters. The molecule has 0 aliphatic carbocycles. The van der Waals surface area contributed by atoms with Crippen LogP contribution in [-0.2, 0) is 6.42 Å². The van der Waals surface area contributed by atoms with Crippen molar-refractivity contribution in [1.82, 2.24) is 0 Å². The lowest BCUT2D eigenvalue weighted by molar-refractivity contribution is 0.349. The number of hydrogen-bond acceptors (Lipinski definition) is 3. The molecular formula is C16H17BrFNO2. The van der Waals surface area contributed by atoms with Gasteiger partial charge in [-0.2, -0.15) is 0 Å². The third kappa shape index (κ3) is 3.54. The summed E-state index contributed by atoms with van der Waals surface area (Å²) in [6, 6.07) is 10.2. The number of benzene rings is 2. The number of para-hydroxylation sites is 1. The third-order valence-corrected chi connectivity index (χ3v) is 3.88. The number of nitrogens with two attached hydrogens (primary N) is 1. The summed E-state index contributed by atoms with van der Waals surface area (Å²) in [5.41, 5.74) is 8.07. The first-order valence-electron chi connectivity index (χ1n) is 6.47. The Kier molecular flexibility index (Phi) is 5.20. The molecular weight excluding hydrogens is 337 g/mol. The molecule has 0 aromatic heterocycles. The second-order valence-corrected chi connectivity index (χ2v) is 5.50. The highest BCUT2D eigenvalue weighted by Crippen LogP contribution is 2.35. The fourth-order valence-corrected chi connectivity index (χ4v) is 2.66. The highest BCUT2D eigenvalue weighted by atomic mass is 79.9. The predicted octanol–water partition coefficient (Wildman–Crippen LogP) is 3.85. The Hall–Kier alpha value is -1.59. The van der Waals surface area contributed by atoms with Crippen LogP contribution in [0.2, 0.25) is 0 Å². The zero-order valence-electron chi connectivity index (χ0n) is 11.9. The fourth-order valence-electron chi connectivity index (χ4n) is 2.23. The molecule has 0 aliphatic heterocycles. The molecule has 0 radical (unpaired) electrons. The molecule has 2 aromatic rings. The SMILES string of the molecule is COc1cccc(C(N)Cc2ccc(F)c(Br)c2)c1OC. The van der Waals surface area contributed by atoms with E-state index in [1.54, 1.807) is 26.4 Å². The molecule has 0 amide bonds. The minimum atomic E-state index is -0.286. The zero-order valence-corrected chi connectivity index (χ0v) is 13.5. The Morgan fingerprint density at radius 1 is 1.19 bits per heavy atom. The molecule has 1 unspecified atom stereocenters. The summed E-state index contributed by atoms with van der Waals surface area (Å²) in [7, 11) is 3.17. The van der Waals surface area contributed by atoms with Crippen molar-refractivity contribution < 1.29 is 13.9 Å². The monoisotopic (exact) mass is 353 g/mol. The molecule has 112 valence electrons. The second-order valence-electron chi connectivity index (χ2n) is 4.64. The van der Waals surface area contributed by atoms with Gasteiger partial charge in [0.1, 0.15) is 5.82 Å². The fraction of sp³-hybridized carbons (Fsp3) is 0.250. The minimum Gasteiger partial charge on any atom is -0.493 e. The Morgan fingerprint density at radius 3 is 2.57 bits per heavy atom. The Labute approximate surface area is 132 Å². The van der Waals surface area contributed by atoms with E-state index in [2.05, 4.69) is 15.9 Å². The molecule has 3 nitrogen and oxygen atoms in total. The summed E-state index contributed by atoms with van der Waals surface area (Å²) in [6.07, 6.45) is 0.572. The van der Waals surface area contributed by atoms with Crippen LogP contribution in [0.15, 0.2) is 40.9 Å². The molecule has 21 heavy (non-hydrogen) atoms. The van der Waals surface area contributed by atoms with Crippen molar-refractivity contribution in [2.24, 2.45) is 5.73 Å². The van der Waals surface area contributed by atoms with Crippen LogP contribution in [0.3, 0.4) is 0 Å². The Bertz CT molecular complexity index is 634. The number of ether oxygens (including phenoxy) is 2. The maximum Gasteiger partial charge on any atom is 0.165 e. The smallest absolute Gasteiger partial charge is 0.165 e. The van der Waals surface area contributed by atoms with Gasteiger partial charge in [-0.1, -0.05) is 18.2 Å². The highest BCUT2D eigenvalue weighted by Gasteiger charge is 2.16. The molecule has 2 aromatic carbocycles. The summed E-state index contributed by atoms with van der Waals surface area (Å²) in [5.74, 6) is 0.991. The van der Waals surface area contributed by atoms with Gasteiger partial charge in [0.25, 0.3) is 0 Å². The molecule has 0 heterocycles. The van der Waals surface area contributed by atoms with Gasteiger partial charge in [0.15, 0.2) is 11.5 Å². The highest BCUT2D eigenvalue weighted by molar-refractivity contribution is 9.10. The molecule has 2 rings (SSSR count). The first-order valence-corrected chi connectivity index (χ1v) is 7.26. The topological polar surface area (TPSA) is 44.5 Å². The number of rotatable bonds is 5. The maximum absolute atomic E-state index is 13.3. The van der Waals surface area contributed by atoms with Crippen molar-refractivity contribution in [1.29, 1.82) is 0 Å². The minimum absolute atomic E-state index is 0.271.